The molecular weight excluding hydrogens is 196 g/mol. The summed E-state index contributed by atoms with van der Waals surface area (Å²) in [6, 6.07) is -0.0116. The van der Waals surface area contributed by atoms with Gasteiger partial charge in [-0.2, -0.15) is 0 Å². The lowest BCUT2D eigenvalue weighted by molar-refractivity contribution is -0.142. The first-order chi connectivity index (χ1) is 7.31. The fraction of sp³-hybridized carbons (Fsp3) is 0.900. The number of rotatable bonds is 2. The molecular formula is C10H18N2O3. The summed E-state index contributed by atoms with van der Waals surface area (Å²) in [4.78, 5) is 13.8. The Morgan fingerprint density at radius 1 is 1.60 bits per heavy atom. The predicted molar refractivity (Wildman–Crippen MR) is 54.4 cm³/mol. The first-order valence-corrected chi connectivity index (χ1v) is 5.56. The molecule has 2 atom stereocenters. The van der Waals surface area contributed by atoms with E-state index in [1.54, 1.807) is 4.90 Å². The third-order valence-corrected chi connectivity index (χ3v) is 3.01. The second-order valence-electron chi connectivity index (χ2n) is 4.11. The minimum atomic E-state index is -0.205. The number of morpholine rings is 1. The Kier molecular flexibility index (Phi) is 3.56. The highest BCUT2D eigenvalue weighted by Gasteiger charge is 2.30. The molecule has 0 aromatic carbocycles. The third-order valence-electron chi connectivity index (χ3n) is 3.01. The molecule has 1 amide bonds. The van der Waals surface area contributed by atoms with Gasteiger partial charge in [0.1, 0.15) is 0 Å². The van der Waals surface area contributed by atoms with E-state index in [9.17, 15) is 4.79 Å². The lowest BCUT2D eigenvalue weighted by atomic mass is 10.2. The summed E-state index contributed by atoms with van der Waals surface area (Å²) >= 11 is 0. The highest BCUT2D eigenvalue weighted by Crippen LogP contribution is 2.12. The van der Waals surface area contributed by atoms with Crippen LogP contribution in [0.15, 0.2) is 0 Å². The van der Waals surface area contributed by atoms with Crippen LogP contribution in [0.3, 0.4) is 0 Å². The van der Waals surface area contributed by atoms with Crippen LogP contribution in [0.2, 0.25) is 0 Å². The van der Waals surface area contributed by atoms with E-state index in [-0.39, 0.29) is 24.7 Å². The normalized spacial score (nSPS) is 31.9. The fourth-order valence-corrected chi connectivity index (χ4v) is 2.15. The molecule has 2 unspecified atom stereocenters. The summed E-state index contributed by atoms with van der Waals surface area (Å²) in [5.41, 5.74) is 0. The van der Waals surface area contributed by atoms with Crippen LogP contribution >= 0.6 is 0 Å². The van der Waals surface area contributed by atoms with Crippen LogP contribution in [-0.2, 0) is 9.53 Å². The number of aliphatic hydroxyl groups is 1. The Labute approximate surface area is 89.4 Å². The molecule has 0 saturated carbocycles. The van der Waals surface area contributed by atoms with Gasteiger partial charge in [0.05, 0.1) is 25.4 Å². The number of hydrogen-bond donors (Lipinski definition) is 2. The summed E-state index contributed by atoms with van der Waals surface area (Å²) in [5.74, 6) is 0.161. The zero-order valence-corrected chi connectivity index (χ0v) is 8.82. The van der Waals surface area contributed by atoms with Crippen LogP contribution in [0.25, 0.3) is 0 Å². The summed E-state index contributed by atoms with van der Waals surface area (Å²) < 4.78 is 5.31. The van der Waals surface area contributed by atoms with Gasteiger partial charge in [-0.3, -0.25) is 4.79 Å². The minimum absolute atomic E-state index is 0.0116. The number of carbonyl (C=O) groups excluding carboxylic acids is 1. The van der Waals surface area contributed by atoms with Crippen molar-refractivity contribution >= 4 is 5.91 Å². The van der Waals surface area contributed by atoms with Gasteiger partial charge in [-0.1, -0.05) is 0 Å². The van der Waals surface area contributed by atoms with E-state index in [1.807, 2.05) is 0 Å². The molecule has 15 heavy (non-hydrogen) atoms. The quantitative estimate of drug-likeness (QED) is 0.616. The molecule has 5 heteroatoms. The van der Waals surface area contributed by atoms with E-state index in [1.165, 1.54) is 0 Å². The Morgan fingerprint density at radius 3 is 3.13 bits per heavy atom. The number of aliphatic hydroxyl groups excluding tert-OH is 1. The number of nitrogens with zero attached hydrogens (tertiary/aromatic N) is 1. The van der Waals surface area contributed by atoms with Gasteiger partial charge in [0.25, 0.3) is 0 Å². The van der Waals surface area contributed by atoms with Gasteiger partial charge in [0, 0.05) is 13.1 Å². The Bertz CT molecular complexity index is 229. The molecule has 2 N–H and O–H groups in total. The second kappa shape index (κ2) is 4.92. The number of amides is 1. The third kappa shape index (κ3) is 2.48. The average Bonchev–Trinajstić information content (AvgIpc) is 2.81. The molecule has 0 bridgehead atoms. The second-order valence-corrected chi connectivity index (χ2v) is 4.11. The van der Waals surface area contributed by atoms with Crippen LogP contribution in [0, 0.1) is 0 Å². The van der Waals surface area contributed by atoms with Crippen molar-refractivity contribution in [2.45, 2.75) is 25.0 Å². The molecule has 0 spiro atoms. The van der Waals surface area contributed by atoms with Gasteiger partial charge in [0.2, 0.25) is 5.91 Å². The number of ether oxygens (including phenoxy) is 1. The molecule has 2 heterocycles. The predicted octanol–water partition coefficient (Wildman–Crippen LogP) is -1.04. The first kappa shape index (κ1) is 10.9. The molecule has 2 rings (SSSR count). The minimum Gasteiger partial charge on any atom is -0.394 e. The van der Waals surface area contributed by atoms with Gasteiger partial charge in [-0.25, -0.2) is 0 Å². The maximum absolute atomic E-state index is 12.0. The van der Waals surface area contributed by atoms with Crippen molar-refractivity contribution in [2.24, 2.45) is 0 Å². The maximum atomic E-state index is 12.0. The van der Waals surface area contributed by atoms with Crippen LogP contribution in [0.4, 0.5) is 0 Å². The van der Waals surface area contributed by atoms with Crippen molar-refractivity contribution < 1.29 is 14.6 Å². The maximum Gasteiger partial charge on any atom is 0.239 e. The summed E-state index contributed by atoms with van der Waals surface area (Å²) in [7, 11) is 0. The van der Waals surface area contributed by atoms with Crippen molar-refractivity contribution in [2.75, 3.05) is 32.8 Å². The van der Waals surface area contributed by atoms with Crippen LogP contribution < -0.4 is 5.32 Å². The lowest BCUT2D eigenvalue weighted by Gasteiger charge is -2.33. The van der Waals surface area contributed by atoms with E-state index < -0.39 is 0 Å². The molecule has 0 radical (unpaired) electrons. The Morgan fingerprint density at radius 2 is 2.47 bits per heavy atom. The summed E-state index contributed by atoms with van der Waals surface area (Å²) in [6.07, 6.45) is 1.80. The lowest BCUT2D eigenvalue weighted by Crippen LogP contribution is -2.52. The molecule has 2 aliphatic heterocycles. The van der Waals surface area contributed by atoms with Gasteiger partial charge < -0.3 is 20.1 Å². The number of hydrogen-bond acceptors (Lipinski definition) is 4. The van der Waals surface area contributed by atoms with Gasteiger partial charge >= 0.3 is 0 Å². The van der Waals surface area contributed by atoms with E-state index in [2.05, 4.69) is 5.32 Å². The van der Waals surface area contributed by atoms with Crippen molar-refractivity contribution in [3.63, 3.8) is 0 Å². The van der Waals surface area contributed by atoms with Crippen molar-refractivity contribution in [1.29, 1.82) is 0 Å². The first-order valence-electron chi connectivity index (χ1n) is 5.56. The summed E-state index contributed by atoms with van der Waals surface area (Å²) in [6.45, 7) is 2.62. The van der Waals surface area contributed by atoms with Crippen molar-refractivity contribution in [3.8, 4) is 0 Å². The molecule has 5 nitrogen and oxygen atoms in total. The number of nitrogens with one attached hydrogen (secondary N) is 1. The van der Waals surface area contributed by atoms with Crippen LogP contribution in [0.5, 0.6) is 0 Å². The smallest absolute Gasteiger partial charge is 0.239 e. The zero-order chi connectivity index (χ0) is 10.7. The molecule has 0 aromatic heterocycles. The highest BCUT2D eigenvalue weighted by molar-refractivity contribution is 5.82. The van der Waals surface area contributed by atoms with E-state index >= 15 is 0 Å². The van der Waals surface area contributed by atoms with Crippen LogP contribution in [0.1, 0.15) is 12.8 Å². The molecule has 2 fully saturated rings. The zero-order valence-electron chi connectivity index (χ0n) is 8.82. The topological polar surface area (TPSA) is 61.8 Å². The Balaban J connectivity index is 1.88. The molecule has 2 saturated heterocycles. The molecule has 0 aliphatic carbocycles. The van der Waals surface area contributed by atoms with Gasteiger partial charge in [0.15, 0.2) is 0 Å². The molecule has 0 aromatic rings. The average molecular weight is 214 g/mol. The van der Waals surface area contributed by atoms with Crippen LogP contribution in [-0.4, -0.2) is 60.9 Å². The van der Waals surface area contributed by atoms with E-state index in [0.29, 0.717) is 19.7 Å². The van der Waals surface area contributed by atoms with Crippen molar-refractivity contribution in [3.05, 3.63) is 0 Å². The standard InChI is InChI=1S/C10H18N2O3/c13-7-8-6-12(4-5-15-8)10(14)9-2-1-3-11-9/h8-9,11,13H,1-7H2. The molecule has 86 valence electrons. The van der Waals surface area contributed by atoms with Gasteiger partial charge in [-0.05, 0) is 19.4 Å². The van der Waals surface area contributed by atoms with E-state index in [4.69, 9.17) is 9.84 Å². The highest BCUT2D eigenvalue weighted by atomic mass is 16.5. The monoisotopic (exact) mass is 214 g/mol. The Hall–Kier alpha value is -0.650. The summed E-state index contributed by atoms with van der Waals surface area (Å²) in [5, 5.41) is 12.2. The van der Waals surface area contributed by atoms with Gasteiger partial charge in [-0.15, -0.1) is 0 Å². The SMILES string of the molecule is O=C(C1CCCN1)N1CCOC(CO)C1. The molecule has 2 aliphatic rings. The van der Waals surface area contributed by atoms with Crippen molar-refractivity contribution in [1.82, 2.24) is 10.2 Å². The largest absolute Gasteiger partial charge is 0.394 e. The number of carbonyl (C=O) groups is 1. The fourth-order valence-electron chi connectivity index (χ4n) is 2.15. The van der Waals surface area contributed by atoms with E-state index in [0.717, 1.165) is 19.4 Å².